The molecule has 226 valence electrons. The number of cyclic esters (lactones) is 1. The number of nitrogens with zero attached hydrogens (tertiary/aromatic N) is 4. The Morgan fingerprint density at radius 2 is 1.77 bits per heavy atom. The molecule has 43 heavy (non-hydrogen) atoms. The molecule has 1 aromatic heterocycles. The molecular formula is C31H35FN6O5. The highest BCUT2D eigenvalue weighted by Gasteiger charge is 2.30. The van der Waals surface area contributed by atoms with Gasteiger partial charge in [-0.15, -0.1) is 0 Å². The fourth-order valence-electron chi connectivity index (χ4n) is 5.50. The molecule has 3 fully saturated rings. The Morgan fingerprint density at radius 3 is 2.47 bits per heavy atom. The van der Waals surface area contributed by atoms with Crippen LogP contribution in [0.3, 0.4) is 0 Å². The molecule has 12 heteroatoms. The number of piperazine rings is 1. The molecule has 0 radical (unpaired) electrons. The van der Waals surface area contributed by atoms with E-state index >= 15 is 4.39 Å². The van der Waals surface area contributed by atoms with Gasteiger partial charge in [-0.05, 0) is 43.9 Å². The molecule has 3 aromatic rings. The molecule has 3 aliphatic rings. The monoisotopic (exact) mass is 590 g/mol. The van der Waals surface area contributed by atoms with Crippen molar-refractivity contribution in [3.63, 3.8) is 0 Å². The summed E-state index contributed by atoms with van der Waals surface area (Å²) in [6.45, 7) is 6.22. The van der Waals surface area contributed by atoms with Crippen molar-refractivity contribution in [3.8, 4) is 0 Å². The Kier molecular flexibility index (Phi) is 8.17. The molecule has 1 saturated carbocycles. The molecule has 0 atom stereocenters. The normalized spacial score (nSPS) is 16.8. The van der Waals surface area contributed by atoms with Gasteiger partial charge in [0.15, 0.2) is 11.6 Å². The predicted octanol–water partition coefficient (Wildman–Crippen LogP) is 4.15. The average Bonchev–Trinajstić information content (AvgIpc) is 3.59. The molecule has 2 N–H and O–H groups in total. The molecule has 11 nitrogen and oxygen atoms in total. The maximum absolute atomic E-state index is 15.5. The lowest BCUT2D eigenvalue weighted by Gasteiger charge is -2.38. The third-order valence-electron chi connectivity index (χ3n) is 8.07. The first-order valence-corrected chi connectivity index (χ1v) is 14.7. The highest BCUT2D eigenvalue weighted by molar-refractivity contribution is 6.06. The number of carbonyl (C=O) groups is 3. The van der Waals surface area contributed by atoms with E-state index in [0.29, 0.717) is 69.6 Å². The highest BCUT2D eigenvalue weighted by Crippen LogP contribution is 2.39. The Morgan fingerprint density at radius 1 is 1.02 bits per heavy atom. The summed E-state index contributed by atoms with van der Waals surface area (Å²) in [5, 5.41) is 5.58. The Hall–Kier alpha value is -4.61. The zero-order chi connectivity index (χ0) is 29.9. The van der Waals surface area contributed by atoms with E-state index in [-0.39, 0.29) is 29.8 Å². The van der Waals surface area contributed by atoms with Crippen LogP contribution in [-0.2, 0) is 4.74 Å². The zero-order valence-electron chi connectivity index (χ0n) is 24.1. The second kappa shape index (κ2) is 12.3. The van der Waals surface area contributed by atoms with Crippen LogP contribution in [0.15, 0.2) is 47.1 Å². The topological polar surface area (TPSA) is 120 Å². The van der Waals surface area contributed by atoms with Crippen LogP contribution in [0.2, 0.25) is 0 Å². The van der Waals surface area contributed by atoms with E-state index in [1.54, 1.807) is 4.90 Å². The van der Waals surface area contributed by atoms with Crippen LogP contribution in [0.25, 0.3) is 0 Å². The summed E-state index contributed by atoms with van der Waals surface area (Å²) in [6.07, 6.45) is 3.42. The largest absolute Gasteiger partial charge is 0.448 e. The minimum atomic E-state index is -0.688. The second-order valence-electron chi connectivity index (χ2n) is 11.1. The van der Waals surface area contributed by atoms with Crippen LogP contribution >= 0.6 is 0 Å². The predicted molar refractivity (Wildman–Crippen MR) is 158 cm³/mol. The van der Waals surface area contributed by atoms with Gasteiger partial charge in [-0.3, -0.25) is 9.59 Å². The number of oxazole rings is 1. The number of hydrogen-bond acceptors (Lipinski definition) is 8. The summed E-state index contributed by atoms with van der Waals surface area (Å²) in [7, 11) is 0. The first kappa shape index (κ1) is 28.5. The van der Waals surface area contributed by atoms with Crippen molar-refractivity contribution in [2.45, 2.75) is 32.1 Å². The summed E-state index contributed by atoms with van der Waals surface area (Å²) in [5.41, 5.74) is 3.10. The van der Waals surface area contributed by atoms with Gasteiger partial charge in [0.05, 0.1) is 23.5 Å². The molecule has 6 rings (SSSR count). The lowest BCUT2D eigenvalue weighted by molar-refractivity contribution is 0.0947. The highest BCUT2D eigenvalue weighted by atomic mass is 19.1. The number of benzene rings is 2. The lowest BCUT2D eigenvalue weighted by atomic mass is 10.1. The van der Waals surface area contributed by atoms with Gasteiger partial charge in [0.25, 0.3) is 11.8 Å². The van der Waals surface area contributed by atoms with Crippen LogP contribution in [0.4, 0.5) is 26.2 Å². The molecule has 2 aliphatic heterocycles. The number of anilines is 3. The molecule has 1 aliphatic carbocycles. The number of carbonyl (C=O) groups excluding carboxylic acids is 3. The van der Waals surface area contributed by atoms with Crippen molar-refractivity contribution in [3.05, 3.63) is 71.2 Å². The van der Waals surface area contributed by atoms with Gasteiger partial charge in [0, 0.05) is 56.9 Å². The van der Waals surface area contributed by atoms with Crippen molar-refractivity contribution in [1.29, 1.82) is 0 Å². The molecule has 2 saturated heterocycles. The summed E-state index contributed by atoms with van der Waals surface area (Å²) in [6, 6.07) is 10.9. The molecular weight excluding hydrogens is 555 g/mol. The Balaban J connectivity index is 1.18. The molecule has 3 heterocycles. The van der Waals surface area contributed by atoms with Crippen LogP contribution < -0.4 is 20.4 Å². The number of aromatic nitrogens is 1. The van der Waals surface area contributed by atoms with E-state index in [0.717, 1.165) is 18.5 Å². The summed E-state index contributed by atoms with van der Waals surface area (Å²) < 4.78 is 25.9. The van der Waals surface area contributed by atoms with E-state index in [1.165, 1.54) is 24.0 Å². The standard InChI is InChI=1S/C31H35FN6O5/c1-20-5-2-3-6-26(20)36-11-13-37(14-12-36)27-18-23(32)22(28(39)33-9-4-10-38-15-16-42-31(38)41)17-24(27)34-29(40)25-19-43-30(35-25)21-7-8-21/h2-3,5-6,17-19,21H,4,7-16H2,1H3,(H,33,39)(H,34,40). The van der Waals surface area contributed by atoms with Gasteiger partial charge in [0.1, 0.15) is 18.7 Å². The van der Waals surface area contributed by atoms with Crippen LogP contribution in [0.1, 0.15) is 57.5 Å². The molecule has 0 spiro atoms. The van der Waals surface area contributed by atoms with Gasteiger partial charge in [-0.2, -0.15) is 0 Å². The Labute approximate surface area is 249 Å². The first-order chi connectivity index (χ1) is 20.9. The van der Waals surface area contributed by atoms with Crippen molar-refractivity contribution in [1.82, 2.24) is 15.2 Å². The van der Waals surface area contributed by atoms with E-state index in [4.69, 9.17) is 9.15 Å². The molecule has 0 bridgehead atoms. The molecule has 2 aromatic carbocycles. The maximum atomic E-state index is 15.5. The van der Waals surface area contributed by atoms with Crippen molar-refractivity contribution in [2.24, 2.45) is 0 Å². The van der Waals surface area contributed by atoms with Gasteiger partial charge in [-0.1, -0.05) is 18.2 Å². The number of amides is 3. The van der Waals surface area contributed by atoms with Crippen LogP contribution in [-0.4, -0.2) is 80.2 Å². The minimum absolute atomic E-state index is 0.132. The lowest BCUT2D eigenvalue weighted by Crippen LogP contribution is -2.47. The second-order valence-corrected chi connectivity index (χ2v) is 11.1. The number of halogens is 1. The number of nitrogens with one attached hydrogen (secondary N) is 2. The fraction of sp³-hybridized carbons (Fsp3) is 0.419. The molecule has 3 amide bonds. The summed E-state index contributed by atoms with van der Waals surface area (Å²) in [4.78, 5) is 48.1. The molecule has 0 unspecified atom stereocenters. The van der Waals surface area contributed by atoms with Gasteiger partial charge >= 0.3 is 6.09 Å². The van der Waals surface area contributed by atoms with Gasteiger partial charge in [0.2, 0.25) is 0 Å². The number of aryl methyl sites for hydroxylation is 1. The Bertz CT molecular complexity index is 1510. The number of hydrogen-bond donors (Lipinski definition) is 2. The van der Waals surface area contributed by atoms with E-state index in [9.17, 15) is 14.4 Å². The number of ether oxygens (including phenoxy) is 1. The SMILES string of the molecule is Cc1ccccc1N1CCN(c2cc(F)c(C(=O)NCCCN3CCOC3=O)cc2NC(=O)c2coc(C3CC3)n2)CC1. The number of rotatable bonds is 10. The summed E-state index contributed by atoms with van der Waals surface area (Å²) >= 11 is 0. The van der Waals surface area contributed by atoms with Gasteiger partial charge in [-0.25, -0.2) is 14.2 Å². The zero-order valence-corrected chi connectivity index (χ0v) is 24.1. The maximum Gasteiger partial charge on any atom is 0.409 e. The van der Waals surface area contributed by atoms with Crippen LogP contribution in [0, 0.1) is 12.7 Å². The average molecular weight is 591 g/mol. The van der Waals surface area contributed by atoms with E-state index in [1.807, 2.05) is 17.0 Å². The van der Waals surface area contributed by atoms with Gasteiger partial charge < -0.3 is 34.5 Å². The van der Waals surface area contributed by atoms with Crippen molar-refractivity contribution >= 4 is 35.0 Å². The number of para-hydroxylation sites is 1. The first-order valence-electron chi connectivity index (χ1n) is 14.7. The fourth-order valence-corrected chi connectivity index (χ4v) is 5.50. The minimum Gasteiger partial charge on any atom is -0.448 e. The quantitative estimate of drug-likeness (QED) is 0.338. The third kappa shape index (κ3) is 6.42. The third-order valence-corrected chi connectivity index (χ3v) is 8.07. The van der Waals surface area contributed by atoms with E-state index < -0.39 is 17.6 Å². The van der Waals surface area contributed by atoms with Crippen molar-refractivity contribution in [2.75, 3.05) is 67.5 Å². The summed E-state index contributed by atoms with van der Waals surface area (Å²) in [5.74, 6) is -0.998. The van der Waals surface area contributed by atoms with E-state index in [2.05, 4.69) is 39.6 Å². The smallest absolute Gasteiger partial charge is 0.409 e. The van der Waals surface area contributed by atoms with Crippen LogP contribution in [0.5, 0.6) is 0 Å². The van der Waals surface area contributed by atoms with Crippen molar-refractivity contribution < 1.29 is 27.9 Å².